The summed E-state index contributed by atoms with van der Waals surface area (Å²) in [7, 11) is 0. The summed E-state index contributed by atoms with van der Waals surface area (Å²) < 4.78 is 0. The highest BCUT2D eigenvalue weighted by molar-refractivity contribution is 5.98. The molecule has 0 unspecified atom stereocenters. The van der Waals surface area contributed by atoms with Crippen LogP contribution in [0.4, 0.5) is 5.69 Å². The van der Waals surface area contributed by atoms with Gasteiger partial charge in [0.2, 0.25) is 5.91 Å². The summed E-state index contributed by atoms with van der Waals surface area (Å²) in [4.78, 5) is 38.0. The standard InChI is InChI=1S/C19H24N2O4/c1-3-21(4-2)18(23)13-8-7-9-14(12-13)20-17(22)15-10-5-6-11-16(15)19(24)25/h5-9,12,15-16H,3-4,10-11H2,1-2H3,(H,20,22)(H,24,25)/t15-,16-/m0/s1. The molecular weight excluding hydrogens is 320 g/mol. The molecule has 0 fully saturated rings. The summed E-state index contributed by atoms with van der Waals surface area (Å²) >= 11 is 0. The number of nitrogens with one attached hydrogen (secondary N) is 1. The van der Waals surface area contributed by atoms with Crippen LogP contribution in [0.3, 0.4) is 0 Å². The molecule has 2 atom stereocenters. The van der Waals surface area contributed by atoms with Gasteiger partial charge in [0.15, 0.2) is 0 Å². The maximum absolute atomic E-state index is 12.5. The Labute approximate surface area is 147 Å². The van der Waals surface area contributed by atoms with Crippen LogP contribution in [0.5, 0.6) is 0 Å². The number of hydrogen-bond acceptors (Lipinski definition) is 3. The fourth-order valence-electron chi connectivity index (χ4n) is 3.04. The Morgan fingerprint density at radius 1 is 1.12 bits per heavy atom. The lowest BCUT2D eigenvalue weighted by molar-refractivity contribution is -0.146. The fourth-order valence-corrected chi connectivity index (χ4v) is 3.04. The van der Waals surface area contributed by atoms with E-state index >= 15 is 0 Å². The van der Waals surface area contributed by atoms with Crippen molar-refractivity contribution in [3.05, 3.63) is 42.0 Å². The Bertz CT molecular complexity index is 680. The summed E-state index contributed by atoms with van der Waals surface area (Å²) in [5, 5.41) is 12.1. The van der Waals surface area contributed by atoms with Crippen LogP contribution >= 0.6 is 0 Å². The first-order valence-corrected chi connectivity index (χ1v) is 8.55. The van der Waals surface area contributed by atoms with Crippen molar-refractivity contribution in [3.63, 3.8) is 0 Å². The van der Waals surface area contributed by atoms with E-state index in [1.807, 2.05) is 19.9 Å². The van der Waals surface area contributed by atoms with Crippen LogP contribution in [0.2, 0.25) is 0 Å². The first-order valence-electron chi connectivity index (χ1n) is 8.55. The molecule has 1 aliphatic rings. The van der Waals surface area contributed by atoms with Gasteiger partial charge in [-0.2, -0.15) is 0 Å². The largest absolute Gasteiger partial charge is 0.481 e. The molecule has 0 radical (unpaired) electrons. The quantitative estimate of drug-likeness (QED) is 0.777. The lowest BCUT2D eigenvalue weighted by atomic mass is 9.82. The van der Waals surface area contributed by atoms with Crippen molar-refractivity contribution in [1.29, 1.82) is 0 Å². The number of hydrogen-bond donors (Lipinski definition) is 2. The fraction of sp³-hybridized carbons (Fsp3) is 0.421. The second-order valence-electron chi connectivity index (χ2n) is 6.04. The maximum Gasteiger partial charge on any atom is 0.307 e. The third-order valence-corrected chi connectivity index (χ3v) is 4.51. The minimum Gasteiger partial charge on any atom is -0.481 e. The molecule has 134 valence electrons. The Morgan fingerprint density at radius 3 is 2.36 bits per heavy atom. The zero-order valence-corrected chi connectivity index (χ0v) is 14.6. The maximum atomic E-state index is 12.5. The van der Waals surface area contributed by atoms with Gasteiger partial charge in [-0.1, -0.05) is 18.2 Å². The highest BCUT2D eigenvalue weighted by Gasteiger charge is 2.34. The van der Waals surface area contributed by atoms with Crippen molar-refractivity contribution < 1.29 is 19.5 Å². The van der Waals surface area contributed by atoms with E-state index < -0.39 is 17.8 Å². The molecule has 2 N–H and O–H groups in total. The second-order valence-corrected chi connectivity index (χ2v) is 6.04. The topological polar surface area (TPSA) is 86.7 Å². The summed E-state index contributed by atoms with van der Waals surface area (Å²) in [6, 6.07) is 6.75. The predicted molar refractivity (Wildman–Crippen MR) is 95.3 cm³/mol. The van der Waals surface area contributed by atoms with Gasteiger partial charge < -0.3 is 15.3 Å². The normalized spacial score (nSPS) is 19.3. The summed E-state index contributed by atoms with van der Waals surface area (Å²) in [5.74, 6) is -2.71. The lowest BCUT2D eigenvalue weighted by Crippen LogP contribution is -2.35. The van der Waals surface area contributed by atoms with Gasteiger partial charge in [-0.25, -0.2) is 0 Å². The van der Waals surface area contributed by atoms with Gasteiger partial charge in [0.1, 0.15) is 0 Å². The number of carboxylic acid groups (broad SMARTS) is 1. The average molecular weight is 344 g/mol. The van der Waals surface area contributed by atoms with Crippen LogP contribution in [-0.4, -0.2) is 40.9 Å². The third kappa shape index (κ3) is 4.47. The predicted octanol–water partition coefficient (Wildman–Crippen LogP) is 2.77. The van der Waals surface area contributed by atoms with Gasteiger partial charge in [-0.3, -0.25) is 14.4 Å². The molecule has 0 heterocycles. The number of nitrogens with zero attached hydrogens (tertiary/aromatic N) is 1. The average Bonchev–Trinajstić information content (AvgIpc) is 2.62. The van der Waals surface area contributed by atoms with Crippen molar-refractivity contribution >= 4 is 23.5 Å². The molecular formula is C19H24N2O4. The first-order chi connectivity index (χ1) is 12.0. The molecule has 0 saturated heterocycles. The van der Waals surface area contributed by atoms with Crippen molar-refractivity contribution in [1.82, 2.24) is 4.90 Å². The van der Waals surface area contributed by atoms with E-state index in [4.69, 9.17) is 0 Å². The zero-order chi connectivity index (χ0) is 18.4. The van der Waals surface area contributed by atoms with Crippen molar-refractivity contribution in [2.75, 3.05) is 18.4 Å². The molecule has 0 aliphatic heterocycles. The van der Waals surface area contributed by atoms with E-state index in [1.165, 1.54) is 0 Å². The molecule has 2 amide bonds. The van der Waals surface area contributed by atoms with Gasteiger partial charge in [0, 0.05) is 24.3 Å². The van der Waals surface area contributed by atoms with Crippen molar-refractivity contribution in [2.24, 2.45) is 11.8 Å². The molecule has 0 bridgehead atoms. The number of benzene rings is 1. The molecule has 1 aromatic carbocycles. The highest BCUT2D eigenvalue weighted by atomic mass is 16.4. The summed E-state index contributed by atoms with van der Waals surface area (Å²) in [5.41, 5.74) is 1.00. The Kier molecular flexibility index (Phi) is 6.33. The summed E-state index contributed by atoms with van der Waals surface area (Å²) in [6.45, 7) is 5.05. The lowest BCUT2D eigenvalue weighted by Gasteiger charge is -2.24. The van der Waals surface area contributed by atoms with Crippen molar-refractivity contribution in [3.8, 4) is 0 Å². The third-order valence-electron chi connectivity index (χ3n) is 4.51. The Hall–Kier alpha value is -2.63. The molecule has 0 aromatic heterocycles. The first kappa shape index (κ1) is 18.7. The molecule has 6 heteroatoms. The monoisotopic (exact) mass is 344 g/mol. The Morgan fingerprint density at radius 2 is 1.76 bits per heavy atom. The van der Waals surface area contributed by atoms with Crippen LogP contribution in [-0.2, 0) is 9.59 Å². The van der Waals surface area contributed by atoms with Gasteiger partial charge >= 0.3 is 5.97 Å². The minimum absolute atomic E-state index is 0.0925. The smallest absolute Gasteiger partial charge is 0.307 e. The number of carbonyl (C=O) groups excluding carboxylic acids is 2. The number of aliphatic carboxylic acids is 1. The molecule has 2 rings (SSSR count). The number of rotatable bonds is 6. The van der Waals surface area contributed by atoms with Crippen LogP contribution in [0.15, 0.2) is 36.4 Å². The van der Waals surface area contributed by atoms with E-state index in [2.05, 4.69) is 5.32 Å². The SMILES string of the molecule is CCN(CC)C(=O)c1cccc(NC(=O)[C@H]2CC=CC[C@@H]2C(=O)O)c1. The van der Waals surface area contributed by atoms with Crippen LogP contribution in [0.25, 0.3) is 0 Å². The molecule has 0 saturated carbocycles. The van der Waals surface area contributed by atoms with Gasteiger partial charge in [-0.15, -0.1) is 0 Å². The number of anilines is 1. The number of allylic oxidation sites excluding steroid dienone is 2. The summed E-state index contributed by atoms with van der Waals surface area (Å²) in [6.07, 6.45) is 4.39. The van der Waals surface area contributed by atoms with E-state index in [0.29, 0.717) is 37.2 Å². The van der Waals surface area contributed by atoms with Gasteiger partial charge in [-0.05, 0) is 44.9 Å². The van der Waals surface area contributed by atoms with Gasteiger partial charge in [0.25, 0.3) is 5.91 Å². The van der Waals surface area contributed by atoms with E-state index in [9.17, 15) is 19.5 Å². The molecule has 1 aromatic rings. The van der Waals surface area contributed by atoms with Crippen LogP contribution in [0, 0.1) is 11.8 Å². The van der Waals surface area contributed by atoms with Crippen molar-refractivity contribution in [2.45, 2.75) is 26.7 Å². The molecule has 0 spiro atoms. The molecule has 25 heavy (non-hydrogen) atoms. The Balaban J connectivity index is 2.13. The molecule has 1 aliphatic carbocycles. The van der Waals surface area contributed by atoms with E-state index in [0.717, 1.165) is 0 Å². The van der Waals surface area contributed by atoms with Gasteiger partial charge in [0.05, 0.1) is 11.8 Å². The number of carboxylic acids is 1. The van der Waals surface area contributed by atoms with Crippen LogP contribution < -0.4 is 5.32 Å². The van der Waals surface area contributed by atoms with E-state index in [1.54, 1.807) is 35.2 Å². The number of amides is 2. The van der Waals surface area contributed by atoms with E-state index in [-0.39, 0.29) is 11.8 Å². The zero-order valence-electron chi connectivity index (χ0n) is 14.6. The highest BCUT2D eigenvalue weighted by Crippen LogP contribution is 2.27. The number of carbonyl (C=O) groups is 3. The second kappa shape index (κ2) is 8.46. The molecule has 6 nitrogen and oxygen atoms in total. The van der Waals surface area contributed by atoms with Crippen LogP contribution in [0.1, 0.15) is 37.0 Å². The minimum atomic E-state index is -0.963.